The molecule has 0 spiro atoms. The highest BCUT2D eigenvalue weighted by molar-refractivity contribution is 5.77. The summed E-state index contributed by atoms with van der Waals surface area (Å²) in [6.45, 7) is 5.83. The second-order valence-electron chi connectivity index (χ2n) is 9.78. The van der Waals surface area contributed by atoms with Crippen LogP contribution in [-0.2, 0) is 11.3 Å². The first-order valence-electron chi connectivity index (χ1n) is 14.3. The number of amides is 1. The van der Waals surface area contributed by atoms with Gasteiger partial charge in [0.2, 0.25) is 0 Å². The molecule has 0 unspecified atom stereocenters. The molecule has 0 aliphatic carbocycles. The van der Waals surface area contributed by atoms with Crippen LogP contribution in [0, 0.1) is 0 Å². The SMILES string of the molecule is CCN(CCCCCCNC(=O)COc1ccc(/C=C/c2cc(OC)cc(OC)c2)cc1)Cc1ccccc1OC. The molecule has 0 aliphatic rings. The molecule has 1 N–H and O–H groups in total. The van der Waals surface area contributed by atoms with Gasteiger partial charge in [0.05, 0.1) is 21.3 Å². The van der Waals surface area contributed by atoms with E-state index >= 15 is 0 Å². The lowest BCUT2D eigenvalue weighted by atomic mass is 10.1. The van der Waals surface area contributed by atoms with E-state index in [4.69, 9.17) is 18.9 Å². The molecular formula is C34H44N2O5. The van der Waals surface area contributed by atoms with E-state index in [2.05, 4.69) is 29.3 Å². The van der Waals surface area contributed by atoms with Crippen LogP contribution in [0.25, 0.3) is 12.2 Å². The van der Waals surface area contributed by atoms with Crippen molar-refractivity contribution < 1.29 is 23.7 Å². The van der Waals surface area contributed by atoms with Crippen molar-refractivity contribution in [1.82, 2.24) is 10.2 Å². The van der Waals surface area contributed by atoms with Crippen molar-refractivity contribution in [3.63, 3.8) is 0 Å². The lowest BCUT2D eigenvalue weighted by Crippen LogP contribution is -2.29. The van der Waals surface area contributed by atoms with E-state index in [1.807, 2.05) is 66.7 Å². The number of unbranched alkanes of at least 4 members (excludes halogenated alkanes) is 3. The Kier molecular flexibility index (Phi) is 13.6. The highest BCUT2D eigenvalue weighted by Crippen LogP contribution is 2.24. The Balaban J connectivity index is 1.29. The summed E-state index contributed by atoms with van der Waals surface area (Å²) in [6.07, 6.45) is 8.33. The van der Waals surface area contributed by atoms with Crippen LogP contribution in [0.2, 0.25) is 0 Å². The number of carbonyl (C=O) groups is 1. The molecule has 1 amide bonds. The Hall–Kier alpha value is -3.97. The smallest absolute Gasteiger partial charge is 0.257 e. The van der Waals surface area contributed by atoms with E-state index < -0.39 is 0 Å². The number of carbonyl (C=O) groups excluding carboxylic acids is 1. The van der Waals surface area contributed by atoms with Crippen molar-refractivity contribution in [3.05, 3.63) is 83.4 Å². The van der Waals surface area contributed by atoms with Gasteiger partial charge in [-0.3, -0.25) is 9.69 Å². The van der Waals surface area contributed by atoms with E-state index in [0.717, 1.165) is 73.7 Å². The molecule has 3 rings (SSSR count). The average Bonchev–Trinajstić information content (AvgIpc) is 3.02. The second-order valence-corrected chi connectivity index (χ2v) is 9.78. The zero-order chi connectivity index (χ0) is 29.3. The van der Waals surface area contributed by atoms with Gasteiger partial charge in [0.1, 0.15) is 23.0 Å². The van der Waals surface area contributed by atoms with Crippen LogP contribution < -0.4 is 24.3 Å². The molecule has 0 aromatic heterocycles. The first kappa shape index (κ1) is 31.6. The molecule has 0 bridgehead atoms. The summed E-state index contributed by atoms with van der Waals surface area (Å²) in [7, 11) is 4.99. The lowest BCUT2D eigenvalue weighted by Gasteiger charge is -2.21. The average molecular weight is 561 g/mol. The first-order valence-corrected chi connectivity index (χ1v) is 14.3. The molecule has 3 aromatic rings. The summed E-state index contributed by atoms with van der Waals surface area (Å²) < 4.78 is 21.8. The number of methoxy groups -OCH3 is 3. The molecule has 0 aliphatic heterocycles. The van der Waals surface area contributed by atoms with Gasteiger partial charge < -0.3 is 24.3 Å². The Bertz CT molecular complexity index is 1200. The second kappa shape index (κ2) is 17.7. The fourth-order valence-corrected chi connectivity index (χ4v) is 4.46. The van der Waals surface area contributed by atoms with Gasteiger partial charge in [-0.1, -0.05) is 62.2 Å². The molecular weight excluding hydrogens is 516 g/mol. The number of para-hydroxylation sites is 1. The minimum Gasteiger partial charge on any atom is -0.497 e. The largest absolute Gasteiger partial charge is 0.497 e. The van der Waals surface area contributed by atoms with Crippen molar-refractivity contribution >= 4 is 18.1 Å². The molecule has 7 heteroatoms. The highest BCUT2D eigenvalue weighted by atomic mass is 16.5. The molecule has 0 atom stereocenters. The molecule has 220 valence electrons. The topological polar surface area (TPSA) is 69.3 Å². The summed E-state index contributed by atoms with van der Waals surface area (Å²) in [5, 5.41) is 2.96. The van der Waals surface area contributed by atoms with Gasteiger partial charge >= 0.3 is 0 Å². The summed E-state index contributed by atoms with van der Waals surface area (Å²) in [5.41, 5.74) is 3.22. The van der Waals surface area contributed by atoms with Crippen molar-refractivity contribution in [2.75, 3.05) is 47.6 Å². The van der Waals surface area contributed by atoms with Crippen LogP contribution in [-0.4, -0.2) is 58.4 Å². The number of ether oxygens (including phenoxy) is 4. The van der Waals surface area contributed by atoms with Crippen molar-refractivity contribution in [3.8, 4) is 23.0 Å². The standard InChI is InChI=1S/C34H44N2O5/c1-5-36(25-29-12-8-9-13-33(29)40-4)21-11-7-6-10-20-35-34(37)26-41-30-18-16-27(17-19-30)14-15-28-22-31(38-2)24-32(23-28)39-3/h8-9,12-19,22-24H,5-7,10-11,20-21,25-26H2,1-4H3,(H,35,37)/b15-14+. The highest BCUT2D eigenvalue weighted by Gasteiger charge is 2.08. The maximum Gasteiger partial charge on any atom is 0.257 e. The molecule has 7 nitrogen and oxygen atoms in total. The monoisotopic (exact) mass is 560 g/mol. The predicted octanol–water partition coefficient (Wildman–Crippen LogP) is 6.46. The van der Waals surface area contributed by atoms with E-state index in [-0.39, 0.29) is 12.5 Å². The summed E-state index contributed by atoms with van der Waals surface area (Å²) in [4.78, 5) is 14.6. The van der Waals surface area contributed by atoms with Crippen molar-refractivity contribution in [1.29, 1.82) is 0 Å². The van der Waals surface area contributed by atoms with Crippen molar-refractivity contribution in [2.24, 2.45) is 0 Å². The maximum absolute atomic E-state index is 12.2. The van der Waals surface area contributed by atoms with Crippen LogP contribution >= 0.6 is 0 Å². The van der Waals surface area contributed by atoms with Gasteiger partial charge in [0.15, 0.2) is 6.61 Å². The molecule has 3 aromatic carbocycles. The third-order valence-electron chi connectivity index (χ3n) is 6.85. The zero-order valence-electron chi connectivity index (χ0n) is 24.9. The molecule has 0 saturated heterocycles. The molecule has 0 radical (unpaired) electrons. The fourth-order valence-electron chi connectivity index (χ4n) is 4.46. The summed E-state index contributed by atoms with van der Waals surface area (Å²) in [6, 6.07) is 21.6. The minimum absolute atomic E-state index is 0.00714. The van der Waals surface area contributed by atoms with E-state index in [1.54, 1.807) is 21.3 Å². The van der Waals surface area contributed by atoms with Crippen LogP contribution in [0.1, 0.15) is 49.3 Å². The van der Waals surface area contributed by atoms with Crippen LogP contribution in [0.3, 0.4) is 0 Å². The Labute approximate surface area is 245 Å². The third kappa shape index (κ3) is 11.2. The third-order valence-corrected chi connectivity index (χ3v) is 6.85. The van der Waals surface area contributed by atoms with E-state index in [1.165, 1.54) is 5.56 Å². The maximum atomic E-state index is 12.2. The minimum atomic E-state index is -0.102. The quantitative estimate of drug-likeness (QED) is 0.142. The number of rotatable bonds is 18. The van der Waals surface area contributed by atoms with Gasteiger partial charge in [0, 0.05) is 24.7 Å². The van der Waals surface area contributed by atoms with Crippen LogP contribution in [0.5, 0.6) is 23.0 Å². The Morgan fingerprint density at radius 1 is 0.780 bits per heavy atom. The van der Waals surface area contributed by atoms with Crippen LogP contribution in [0.4, 0.5) is 0 Å². The normalized spacial score (nSPS) is 11.0. The zero-order valence-corrected chi connectivity index (χ0v) is 24.9. The lowest BCUT2D eigenvalue weighted by molar-refractivity contribution is -0.123. The molecule has 0 heterocycles. The molecule has 0 saturated carbocycles. The fraction of sp³-hybridized carbons (Fsp3) is 0.382. The number of hydrogen-bond donors (Lipinski definition) is 1. The number of hydrogen-bond acceptors (Lipinski definition) is 6. The summed E-state index contributed by atoms with van der Waals surface area (Å²) >= 11 is 0. The molecule has 0 fully saturated rings. The van der Waals surface area contributed by atoms with Gasteiger partial charge in [-0.2, -0.15) is 0 Å². The molecule has 41 heavy (non-hydrogen) atoms. The van der Waals surface area contributed by atoms with Crippen molar-refractivity contribution in [2.45, 2.75) is 39.2 Å². The predicted molar refractivity (Wildman–Crippen MR) is 166 cm³/mol. The summed E-state index contributed by atoms with van der Waals surface area (Å²) in [5.74, 6) is 2.99. The number of nitrogens with zero attached hydrogens (tertiary/aromatic N) is 1. The first-order chi connectivity index (χ1) is 20.0. The number of benzene rings is 3. The van der Waals surface area contributed by atoms with Gasteiger partial charge in [-0.05, 0) is 67.4 Å². The van der Waals surface area contributed by atoms with Crippen LogP contribution in [0.15, 0.2) is 66.7 Å². The Morgan fingerprint density at radius 3 is 2.15 bits per heavy atom. The van der Waals surface area contributed by atoms with E-state index in [9.17, 15) is 4.79 Å². The number of nitrogens with one attached hydrogen (secondary N) is 1. The van der Waals surface area contributed by atoms with Gasteiger partial charge in [-0.15, -0.1) is 0 Å². The van der Waals surface area contributed by atoms with Gasteiger partial charge in [0.25, 0.3) is 5.91 Å². The Morgan fingerprint density at radius 2 is 1.46 bits per heavy atom. The van der Waals surface area contributed by atoms with E-state index in [0.29, 0.717) is 12.3 Å². The van der Waals surface area contributed by atoms with Gasteiger partial charge in [-0.25, -0.2) is 0 Å².